The molecule has 0 aromatic heterocycles. The molecule has 0 aliphatic carbocycles. The fourth-order valence-electron chi connectivity index (χ4n) is 2.59. The molecule has 4 atom stereocenters. The Hall–Kier alpha value is -1.99. The lowest BCUT2D eigenvalue weighted by atomic mass is 10.0. The van der Waals surface area contributed by atoms with Crippen molar-refractivity contribution in [1.29, 1.82) is 0 Å². The Morgan fingerprint density at radius 3 is 2.52 bits per heavy atom. The number of nitrogens with two attached hydrogens (primary N) is 1. The van der Waals surface area contributed by atoms with Crippen molar-refractivity contribution in [1.82, 2.24) is 5.32 Å². The Kier molecular flexibility index (Phi) is 5.68. The van der Waals surface area contributed by atoms with Gasteiger partial charge < -0.3 is 20.9 Å². The molecule has 1 saturated heterocycles. The third-order valence-corrected chi connectivity index (χ3v) is 3.85. The van der Waals surface area contributed by atoms with Gasteiger partial charge in [0.05, 0.1) is 6.10 Å². The molecule has 1 aliphatic heterocycles. The molecule has 0 spiro atoms. The van der Waals surface area contributed by atoms with Crippen molar-refractivity contribution < 1.29 is 23.8 Å². The van der Waals surface area contributed by atoms with Gasteiger partial charge in [0.25, 0.3) is 0 Å². The summed E-state index contributed by atoms with van der Waals surface area (Å²) in [7, 11) is 0. The Bertz CT molecular complexity index is 564. The van der Waals surface area contributed by atoms with E-state index in [1.54, 1.807) is 6.92 Å². The number of aliphatic hydroxyl groups is 1. The Labute approximate surface area is 133 Å². The average molecular weight is 324 g/mol. The van der Waals surface area contributed by atoms with Crippen LogP contribution in [0.5, 0.6) is 0 Å². The van der Waals surface area contributed by atoms with Crippen LogP contribution in [-0.4, -0.2) is 35.2 Å². The van der Waals surface area contributed by atoms with Crippen LogP contribution >= 0.6 is 0 Å². The van der Waals surface area contributed by atoms with Crippen LogP contribution in [-0.2, 0) is 14.3 Å². The van der Waals surface area contributed by atoms with Gasteiger partial charge in [-0.25, -0.2) is 4.39 Å². The second-order valence-corrected chi connectivity index (χ2v) is 5.81. The zero-order valence-electron chi connectivity index (χ0n) is 12.9. The van der Waals surface area contributed by atoms with E-state index in [0.29, 0.717) is 18.4 Å². The number of carbonyl (C=O) groups excluding carboxylic acids is 2. The highest BCUT2D eigenvalue weighted by atomic mass is 19.1. The smallest absolute Gasteiger partial charge is 0.249 e. The Balaban J connectivity index is 1.82. The second kappa shape index (κ2) is 7.52. The van der Waals surface area contributed by atoms with Gasteiger partial charge in [-0.3, -0.25) is 9.59 Å². The molecule has 4 unspecified atom stereocenters. The highest BCUT2D eigenvalue weighted by Gasteiger charge is 2.34. The topological polar surface area (TPSA) is 102 Å². The van der Waals surface area contributed by atoms with Crippen LogP contribution in [0.25, 0.3) is 0 Å². The van der Waals surface area contributed by atoms with Crippen molar-refractivity contribution >= 4 is 11.8 Å². The third kappa shape index (κ3) is 4.74. The quantitative estimate of drug-likeness (QED) is 0.720. The summed E-state index contributed by atoms with van der Waals surface area (Å²) in [4.78, 5) is 23.1. The average Bonchev–Trinajstić information content (AvgIpc) is 2.97. The molecule has 1 heterocycles. The lowest BCUT2D eigenvalue weighted by Crippen LogP contribution is -2.41. The van der Waals surface area contributed by atoms with Gasteiger partial charge in [-0.1, -0.05) is 12.1 Å². The third-order valence-electron chi connectivity index (χ3n) is 3.85. The fourth-order valence-corrected chi connectivity index (χ4v) is 2.59. The number of hydrogen-bond acceptors (Lipinski definition) is 4. The first-order valence-corrected chi connectivity index (χ1v) is 7.55. The van der Waals surface area contributed by atoms with Crippen molar-refractivity contribution in [2.24, 2.45) is 5.73 Å². The first-order valence-electron chi connectivity index (χ1n) is 7.55. The number of amides is 2. The van der Waals surface area contributed by atoms with Crippen LogP contribution in [0.15, 0.2) is 24.3 Å². The van der Waals surface area contributed by atoms with Crippen LogP contribution in [0.4, 0.5) is 4.39 Å². The first-order chi connectivity index (χ1) is 10.9. The van der Waals surface area contributed by atoms with E-state index in [-0.39, 0.29) is 24.2 Å². The molecule has 23 heavy (non-hydrogen) atoms. The summed E-state index contributed by atoms with van der Waals surface area (Å²) in [5, 5.41) is 12.9. The second-order valence-electron chi connectivity index (χ2n) is 5.81. The highest BCUT2D eigenvalue weighted by molar-refractivity contribution is 5.84. The standard InChI is InChI=1S/C16H21FN2O4/c1-9(8-12(20)10-2-4-11(17)5-3-10)19-16(22)14-7-6-13(23-14)15(18)21/h2-5,9,12-14,20H,6-8H2,1H3,(H2,18,21)(H,19,22). The number of ether oxygens (including phenoxy) is 1. The predicted octanol–water partition coefficient (Wildman–Crippen LogP) is 0.787. The zero-order chi connectivity index (χ0) is 17.0. The van der Waals surface area contributed by atoms with Gasteiger partial charge in [0.1, 0.15) is 18.0 Å². The van der Waals surface area contributed by atoms with Crippen molar-refractivity contribution in [3.8, 4) is 0 Å². The van der Waals surface area contributed by atoms with Gasteiger partial charge in [0, 0.05) is 6.04 Å². The van der Waals surface area contributed by atoms with Crippen molar-refractivity contribution in [2.75, 3.05) is 0 Å². The highest BCUT2D eigenvalue weighted by Crippen LogP contribution is 2.21. The first kappa shape index (κ1) is 17.4. The van der Waals surface area contributed by atoms with Gasteiger partial charge in [-0.15, -0.1) is 0 Å². The molecule has 0 saturated carbocycles. The number of carbonyl (C=O) groups is 2. The molecule has 1 aromatic carbocycles. The van der Waals surface area contributed by atoms with Crippen LogP contribution < -0.4 is 11.1 Å². The number of hydrogen-bond donors (Lipinski definition) is 3. The normalized spacial score (nSPS) is 23.3. The molecule has 6 nitrogen and oxygen atoms in total. The maximum Gasteiger partial charge on any atom is 0.249 e. The van der Waals surface area contributed by atoms with Crippen LogP contribution in [0.2, 0.25) is 0 Å². The Morgan fingerprint density at radius 2 is 1.96 bits per heavy atom. The predicted molar refractivity (Wildman–Crippen MR) is 80.7 cm³/mol. The van der Waals surface area contributed by atoms with Gasteiger partial charge >= 0.3 is 0 Å². The van der Waals surface area contributed by atoms with E-state index >= 15 is 0 Å². The fraction of sp³-hybridized carbons (Fsp3) is 0.500. The van der Waals surface area contributed by atoms with E-state index in [2.05, 4.69) is 5.32 Å². The molecule has 1 aromatic rings. The van der Waals surface area contributed by atoms with E-state index in [1.807, 2.05) is 0 Å². The van der Waals surface area contributed by atoms with E-state index in [4.69, 9.17) is 10.5 Å². The van der Waals surface area contributed by atoms with E-state index in [1.165, 1.54) is 24.3 Å². The molecule has 4 N–H and O–H groups in total. The lowest BCUT2D eigenvalue weighted by molar-refractivity contribution is -0.138. The molecule has 2 amide bonds. The molecule has 1 aliphatic rings. The minimum Gasteiger partial charge on any atom is -0.388 e. The molecule has 1 fully saturated rings. The van der Waals surface area contributed by atoms with Crippen LogP contribution in [0.3, 0.4) is 0 Å². The number of primary amides is 1. The van der Waals surface area contributed by atoms with Crippen molar-refractivity contribution in [3.63, 3.8) is 0 Å². The summed E-state index contributed by atoms with van der Waals surface area (Å²) in [5.74, 6) is -1.27. The number of halogens is 1. The van der Waals surface area contributed by atoms with Crippen LogP contribution in [0.1, 0.15) is 37.9 Å². The minimum atomic E-state index is -0.811. The molecular weight excluding hydrogens is 303 g/mol. The zero-order valence-corrected chi connectivity index (χ0v) is 12.9. The van der Waals surface area contributed by atoms with Crippen LogP contribution in [0, 0.1) is 5.82 Å². The molecular formula is C16H21FN2O4. The number of aliphatic hydroxyl groups excluding tert-OH is 1. The molecule has 7 heteroatoms. The number of benzene rings is 1. The van der Waals surface area contributed by atoms with Gasteiger partial charge in [-0.05, 0) is 43.9 Å². The Morgan fingerprint density at radius 1 is 1.35 bits per heavy atom. The monoisotopic (exact) mass is 324 g/mol. The van der Waals surface area contributed by atoms with Gasteiger partial charge in [-0.2, -0.15) is 0 Å². The molecule has 126 valence electrons. The summed E-state index contributed by atoms with van der Waals surface area (Å²) in [6, 6.07) is 5.26. The SMILES string of the molecule is CC(CC(O)c1ccc(F)cc1)NC(=O)C1CCC(C(N)=O)O1. The van der Waals surface area contributed by atoms with Gasteiger partial charge in [0.15, 0.2) is 0 Å². The summed E-state index contributed by atoms with van der Waals surface area (Å²) in [6.45, 7) is 1.76. The van der Waals surface area contributed by atoms with E-state index < -0.39 is 24.2 Å². The lowest BCUT2D eigenvalue weighted by Gasteiger charge is -2.20. The number of nitrogens with one attached hydrogen (secondary N) is 1. The van der Waals surface area contributed by atoms with Gasteiger partial charge in [0.2, 0.25) is 11.8 Å². The molecule has 0 bridgehead atoms. The largest absolute Gasteiger partial charge is 0.388 e. The summed E-state index contributed by atoms with van der Waals surface area (Å²) < 4.78 is 18.2. The molecule has 0 radical (unpaired) electrons. The molecule has 2 rings (SSSR count). The van der Waals surface area contributed by atoms with Crippen molar-refractivity contribution in [2.45, 2.75) is 50.5 Å². The maximum absolute atomic E-state index is 12.9. The summed E-state index contributed by atoms with van der Waals surface area (Å²) in [6.07, 6.45) is -1.08. The van der Waals surface area contributed by atoms with E-state index in [9.17, 15) is 19.1 Å². The maximum atomic E-state index is 12.9. The van der Waals surface area contributed by atoms with Crippen molar-refractivity contribution in [3.05, 3.63) is 35.6 Å². The van der Waals surface area contributed by atoms with E-state index in [0.717, 1.165) is 0 Å². The summed E-state index contributed by atoms with van der Waals surface area (Å²) in [5.41, 5.74) is 5.73. The number of rotatable bonds is 6. The summed E-state index contributed by atoms with van der Waals surface area (Å²) >= 11 is 0. The minimum absolute atomic E-state index is 0.281.